The van der Waals surface area contributed by atoms with E-state index in [4.69, 9.17) is 16.3 Å². The molecule has 0 saturated heterocycles. The van der Waals surface area contributed by atoms with Gasteiger partial charge in [0.1, 0.15) is 23.7 Å². The van der Waals surface area contributed by atoms with Crippen molar-refractivity contribution in [2.75, 3.05) is 0 Å². The summed E-state index contributed by atoms with van der Waals surface area (Å²) in [5, 5.41) is 17.2. The largest absolute Gasteiger partial charge is 0.486 e. The molecule has 0 radical (unpaired) electrons. The first-order valence-electron chi connectivity index (χ1n) is 5.46. The molecule has 0 saturated carbocycles. The Morgan fingerprint density at radius 1 is 1.44 bits per heavy atom. The molecule has 0 aliphatic heterocycles. The Morgan fingerprint density at radius 2 is 2.22 bits per heavy atom. The standard InChI is InChI=1S/C12H13ClN2O3/c1-7-11(15-18-14-7)6-17-12-4-3-9(8(2)16)5-10(12)13/h3-5,8,16H,6H2,1-2H3. The highest BCUT2D eigenvalue weighted by molar-refractivity contribution is 6.32. The average molecular weight is 269 g/mol. The van der Waals surface area contributed by atoms with Crippen LogP contribution in [0.4, 0.5) is 0 Å². The molecular formula is C12H13ClN2O3. The number of halogens is 1. The van der Waals surface area contributed by atoms with Crippen LogP contribution in [-0.2, 0) is 6.61 Å². The third-order valence-corrected chi connectivity index (χ3v) is 2.84. The minimum atomic E-state index is -0.557. The Morgan fingerprint density at radius 3 is 2.78 bits per heavy atom. The van der Waals surface area contributed by atoms with E-state index in [1.54, 1.807) is 32.0 Å². The van der Waals surface area contributed by atoms with E-state index < -0.39 is 6.10 Å². The summed E-state index contributed by atoms with van der Waals surface area (Å²) < 4.78 is 10.1. The van der Waals surface area contributed by atoms with E-state index in [2.05, 4.69) is 14.9 Å². The third-order valence-electron chi connectivity index (χ3n) is 2.55. The van der Waals surface area contributed by atoms with Gasteiger partial charge in [0.25, 0.3) is 0 Å². The Balaban J connectivity index is 2.08. The SMILES string of the molecule is Cc1nonc1COc1ccc(C(C)O)cc1Cl. The van der Waals surface area contributed by atoms with Gasteiger partial charge in [-0.15, -0.1) is 0 Å². The lowest BCUT2D eigenvalue weighted by molar-refractivity contribution is 0.199. The van der Waals surface area contributed by atoms with Crippen LogP contribution in [0.1, 0.15) is 30.0 Å². The monoisotopic (exact) mass is 268 g/mol. The van der Waals surface area contributed by atoms with Gasteiger partial charge in [-0.3, -0.25) is 0 Å². The molecule has 1 unspecified atom stereocenters. The van der Waals surface area contributed by atoms with Crippen LogP contribution < -0.4 is 4.74 Å². The summed E-state index contributed by atoms with van der Waals surface area (Å²) in [6.07, 6.45) is -0.557. The maximum atomic E-state index is 9.43. The molecule has 1 heterocycles. The molecule has 0 spiro atoms. The maximum absolute atomic E-state index is 9.43. The highest BCUT2D eigenvalue weighted by Gasteiger charge is 2.09. The van der Waals surface area contributed by atoms with Gasteiger partial charge in [0, 0.05) is 0 Å². The summed E-state index contributed by atoms with van der Waals surface area (Å²) in [5.41, 5.74) is 2.06. The molecule has 0 aliphatic rings. The molecule has 1 N–H and O–H groups in total. The molecule has 2 aromatic rings. The highest BCUT2D eigenvalue weighted by atomic mass is 35.5. The van der Waals surface area contributed by atoms with Gasteiger partial charge in [0.05, 0.1) is 11.1 Å². The van der Waals surface area contributed by atoms with Gasteiger partial charge in [0.15, 0.2) is 0 Å². The highest BCUT2D eigenvalue weighted by Crippen LogP contribution is 2.28. The number of benzene rings is 1. The molecule has 0 amide bonds. The topological polar surface area (TPSA) is 68.4 Å². The molecule has 1 atom stereocenters. The summed E-state index contributed by atoms with van der Waals surface area (Å²) in [6.45, 7) is 3.70. The summed E-state index contributed by atoms with van der Waals surface area (Å²) in [4.78, 5) is 0. The summed E-state index contributed by atoms with van der Waals surface area (Å²) in [7, 11) is 0. The molecular weight excluding hydrogens is 256 g/mol. The van der Waals surface area contributed by atoms with Gasteiger partial charge in [-0.1, -0.05) is 28.0 Å². The molecule has 0 fully saturated rings. The minimum Gasteiger partial charge on any atom is -0.486 e. The smallest absolute Gasteiger partial charge is 0.145 e. The number of rotatable bonds is 4. The molecule has 96 valence electrons. The average Bonchev–Trinajstić information content (AvgIpc) is 2.73. The second-order valence-electron chi connectivity index (χ2n) is 3.95. The third kappa shape index (κ3) is 2.80. The van der Waals surface area contributed by atoms with E-state index in [1.807, 2.05) is 0 Å². The number of aryl methyl sites for hydroxylation is 1. The summed E-state index contributed by atoms with van der Waals surface area (Å²) in [5.74, 6) is 0.531. The zero-order valence-corrected chi connectivity index (χ0v) is 10.8. The van der Waals surface area contributed by atoms with Gasteiger partial charge >= 0.3 is 0 Å². The van der Waals surface area contributed by atoms with Crippen molar-refractivity contribution >= 4 is 11.6 Å². The number of ether oxygens (including phenoxy) is 1. The Bertz CT molecular complexity index is 540. The van der Waals surface area contributed by atoms with Crippen molar-refractivity contribution in [3.05, 3.63) is 40.2 Å². The quantitative estimate of drug-likeness (QED) is 0.923. The molecule has 6 heteroatoms. The zero-order valence-electron chi connectivity index (χ0n) is 10.1. The van der Waals surface area contributed by atoms with Crippen molar-refractivity contribution in [3.8, 4) is 5.75 Å². The van der Waals surface area contributed by atoms with Crippen molar-refractivity contribution < 1.29 is 14.5 Å². The first kappa shape index (κ1) is 12.9. The fourth-order valence-corrected chi connectivity index (χ4v) is 1.66. The predicted molar refractivity (Wildman–Crippen MR) is 65.5 cm³/mol. The van der Waals surface area contributed by atoms with Crippen LogP contribution >= 0.6 is 11.6 Å². The molecule has 0 aliphatic carbocycles. The summed E-state index contributed by atoms with van der Waals surface area (Å²) >= 11 is 6.06. The van der Waals surface area contributed by atoms with Gasteiger partial charge < -0.3 is 9.84 Å². The second kappa shape index (κ2) is 5.37. The van der Waals surface area contributed by atoms with E-state index in [-0.39, 0.29) is 6.61 Å². The van der Waals surface area contributed by atoms with Crippen molar-refractivity contribution in [1.29, 1.82) is 0 Å². The number of hydrogen-bond donors (Lipinski definition) is 1. The van der Waals surface area contributed by atoms with Crippen LogP contribution in [0.3, 0.4) is 0 Å². The van der Waals surface area contributed by atoms with Gasteiger partial charge in [-0.05, 0) is 31.5 Å². The summed E-state index contributed by atoms with van der Waals surface area (Å²) in [6, 6.07) is 5.16. The first-order chi connectivity index (χ1) is 8.58. The molecule has 1 aromatic carbocycles. The molecule has 5 nitrogen and oxygen atoms in total. The van der Waals surface area contributed by atoms with Gasteiger partial charge in [-0.25, -0.2) is 4.63 Å². The van der Waals surface area contributed by atoms with Gasteiger partial charge in [0.2, 0.25) is 0 Å². The fourth-order valence-electron chi connectivity index (χ4n) is 1.42. The number of nitrogens with zero attached hydrogens (tertiary/aromatic N) is 2. The van der Waals surface area contributed by atoms with Crippen LogP contribution in [0.2, 0.25) is 5.02 Å². The molecule has 2 rings (SSSR count). The number of aromatic nitrogens is 2. The second-order valence-corrected chi connectivity index (χ2v) is 4.36. The van der Waals surface area contributed by atoms with Crippen molar-refractivity contribution in [1.82, 2.24) is 10.3 Å². The maximum Gasteiger partial charge on any atom is 0.145 e. The van der Waals surface area contributed by atoms with E-state index in [0.29, 0.717) is 22.2 Å². The van der Waals surface area contributed by atoms with Crippen LogP contribution in [0.25, 0.3) is 0 Å². The minimum absolute atomic E-state index is 0.239. The zero-order chi connectivity index (χ0) is 13.1. The number of aliphatic hydroxyl groups excluding tert-OH is 1. The molecule has 18 heavy (non-hydrogen) atoms. The Labute approximate surface area is 109 Å². The molecule has 1 aromatic heterocycles. The van der Waals surface area contributed by atoms with Crippen molar-refractivity contribution in [2.45, 2.75) is 26.6 Å². The van der Waals surface area contributed by atoms with Crippen LogP contribution in [0.15, 0.2) is 22.8 Å². The number of hydrogen-bond acceptors (Lipinski definition) is 5. The lowest BCUT2D eigenvalue weighted by atomic mass is 10.1. The van der Waals surface area contributed by atoms with Crippen molar-refractivity contribution in [2.24, 2.45) is 0 Å². The van der Waals surface area contributed by atoms with Crippen LogP contribution in [0, 0.1) is 6.92 Å². The lowest BCUT2D eigenvalue weighted by Gasteiger charge is -2.09. The van der Waals surface area contributed by atoms with Gasteiger partial charge in [-0.2, -0.15) is 0 Å². The Hall–Kier alpha value is -1.59. The first-order valence-corrected chi connectivity index (χ1v) is 5.84. The van der Waals surface area contributed by atoms with Crippen LogP contribution in [0.5, 0.6) is 5.75 Å². The normalized spacial score (nSPS) is 12.4. The fraction of sp³-hybridized carbons (Fsp3) is 0.333. The number of aliphatic hydroxyl groups is 1. The lowest BCUT2D eigenvalue weighted by Crippen LogP contribution is -1.99. The van der Waals surface area contributed by atoms with E-state index in [1.165, 1.54) is 0 Å². The van der Waals surface area contributed by atoms with Crippen LogP contribution in [-0.4, -0.2) is 15.4 Å². The molecule has 0 bridgehead atoms. The Kier molecular flexibility index (Phi) is 3.84. The predicted octanol–water partition coefficient (Wildman–Crippen LogP) is 2.66. The van der Waals surface area contributed by atoms with Crippen molar-refractivity contribution in [3.63, 3.8) is 0 Å². The van der Waals surface area contributed by atoms with E-state index in [9.17, 15) is 5.11 Å². The van der Waals surface area contributed by atoms with E-state index in [0.717, 1.165) is 5.56 Å². The van der Waals surface area contributed by atoms with E-state index >= 15 is 0 Å².